The van der Waals surface area contributed by atoms with Crippen molar-refractivity contribution in [1.29, 1.82) is 0 Å². The molecule has 0 spiro atoms. The lowest BCUT2D eigenvalue weighted by Gasteiger charge is -2.36. The van der Waals surface area contributed by atoms with Crippen molar-refractivity contribution >= 4 is 11.4 Å². The molecule has 1 unspecified atom stereocenters. The largest absolute Gasteiger partial charge is 0.383 e. The van der Waals surface area contributed by atoms with Crippen LogP contribution in [0.1, 0.15) is 31.2 Å². The van der Waals surface area contributed by atoms with E-state index in [0.29, 0.717) is 6.04 Å². The highest BCUT2D eigenvalue weighted by Gasteiger charge is 2.27. The molecule has 1 aromatic carbocycles. The molecule has 2 heterocycles. The van der Waals surface area contributed by atoms with Crippen molar-refractivity contribution in [1.82, 2.24) is 0 Å². The van der Waals surface area contributed by atoms with E-state index >= 15 is 0 Å². The number of benzene rings is 1. The number of hydrogen-bond acceptors (Lipinski definition) is 2. The van der Waals surface area contributed by atoms with Gasteiger partial charge in [0.05, 0.1) is 11.4 Å². The molecule has 0 aromatic heterocycles. The van der Waals surface area contributed by atoms with Crippen molar-refractivity contribution in [2.24, 2.45) is 0 Å². The Morgan fingerprint density at radius 2 is 2.18 bits per heavy atom. The molecule has 0 aliphatic carbocycles. The third-order valence-electron chi connectivity index (χ3n) is 4.01. The molecule has 2 aliphatic heterocycles. The molecule has 1 fully saturated rings. The summed E-state index contributed by atoms with van der Waals surface area (Å²) in [7, 11) is 0. The smallest absolute Gasteiger partial charge is 0.128 e. The fourth-order valence-electron chi connectivity index (χ4n) is 3.04. The number of nitrogens with one attached hydrogen (secondary N) is 1. The van der Waals surface area contributed by atoms with Crippen molar-refractivity contribution in [3.8, 4) is 0 Å². The summed E-state index contributed by atoms with van der Waals surface area (Å²) in [5, 5.41) is 3.44. The minimum Gasteiger partial charge on any atom is -0.383 e. The van der Waals surface area contributed by atoms with E-state index in [1.54, 1.807) is 6.07 Å². The Kier molecular flexibility index (Phi) is 2.69. The van der Waals surface area contributed by atoms with Crippen molar-refractivity contribution in [2.45, 2.75) is 38.6 Å². The molecule has 17 heavy (non-hydrogen) atoms. The maximum Gasteiger partial charge on any atom is 0.128 e. The van der Waals surface area contributed by atoms with Gasteiger partial charge >= 0.3 is 0 Å². The molecule has 3 rings (SSSR count). The number of aryl methyl sites for hydroxylation is 1. The van der Waals surface area contributed by atoms with Gasteiger partial charge in [-0.3, -0.25) is 0 Å². The molecule has 2 aliphatic rings. The Morgan fingerprint density at radius 3 is 3.06 bits per heavy atom. The maximum absolute atomic E-state index is 13.7. The van der Waals surface area contributed by atoms with E-state index in [1.807, 2.05) is 13.0 Å². The summed E-state index contributed by atoms with van der Waals surface area (Å²) >= 11 is 0. The highest BCUT2D eigenvalue weighted by Crippen LogP contribution is 2.36. The molecule has 1 aromatic rings. The Bertz CT molecular complexity index is 430. The lowest BCUT2D eigenvalue weighted by Crippen LogP contribution is -2.39. The predicted octanol–water partition coefficient (Wildman–Crippen LogP) is 3.31. The van der Waals surface area contributed by atoms with Crippen molar-refractivity contribution in [2.75, 3.05) is 23.3 Å². The fraction of sp³-hybridized carbons (Fsp3) is 0.571. The summed E-state index contributed by atoms with van der Waals surface area (Å²) in [5.74, 6) is -0.0863. The van der Waals surface area contributed by atoms with Crippen LogP contribution in [-0.2, 0) is 0 Å². The fourth-order valence-corrected chi connectivity index (χ4v) is 3.04. The van der Waals surface area contributed by atoms with Crippen molar-refractivity contribution < 1.29 is 4.39 Å². The van der Waals surface area contributed by atoms with E-state index in [9.17, 15) is 4.39 Å². The molecule has 2 nitrogen and oxygen atoms in total. The van der Waals surface area contributed by atoms with Crippen LogP contribution in [0.4, 0.5) is 15.8 Å². The third-order valence-corrected chi connectivity index (χ3v) is 4.01. The normalized spacial score (nSPS) is 23.4. The second kappa shape index (κ2) is 4.21. The van der Waals surface area contributed by atoms with Gasteiger partial charge in [0.15, 0.2) is 0 Å². The Hall–Kier alpha value is -1.25. The summed E-state index contributed by atoms with van der Waals surface area (Å²) in [6.07, 6.45) is 4.95. The second-order valence-electron chi connectivity index (χ2n) is 5.18. The number of piperidine rings is 1. The first-order valence-corrected chi connectivity index (χ1v) is 6.56. The highest BCUT2D eigenvalue weighted by atomic mass is 19.1. The standard InChI is InChI=1S/C14H19FN2/c1-10-8-13-14(9-12(10)15)17-7-3-2-4-11(17)5-6-16-13/h8-9,11,16H,2-7H2,1H3. The van der Waals surface area contributed by atoms with E-state index in [4.69, 9.17) is 0 Å². The Morgan fingerprint density at radius 1 is 1.29 bits per heavy atom. The molecule has 92 valence electrons. The molecular formula is C14H19FN2. The van der Waals surface area contributed by atoms with E-state index < -0.39 is 0 Å². The van der Waals surface area contributed by atoms with Crippen LogP contribution in [0.15, 0.2) is 12.1 Å². The average Bonchev–Trinajstić information content (AvgIpc) is 2.50. The van der Waals surface area contributed by atoms with Gasteiger partial charge in [0.1, 0.15) is 5.82 Å². The molecular weight excluding hydrogens is 215 g/mol. The number of halogens is 1. The average molecular weight is 234 g/mol. The first kappa shape index (κ1) is 10.9. The third kappa shape index (κ3) is 1.88. The lowest BCUT2D eigenvalue weighted by molar-refractivity contribution is 0.449. The van der Waals surface area contributed by atoms with E-state index in [2.05, 4.69) is 10.2 Å². The van der Waals surface area contributed by atoms with E-state index in [-0.39, 0.29) is 5.82 Å². The van der Waals surface area contributed by atoms with Gasteiger partial charge in [-0.2, -0.15) is 0 Å². The topological polar surface area (TPSA) is 15.3 Å². The van der Waals surface area contributed by atoms with Gasteiger partial charge in [-0.1, -0.05) is 0 Å². The molecule has 0 bridgehead atoms. The SMILES string of the molecule is Cc1cc2c(cc1F)N1CCCCC1CCN2. The minimum absolute atomic E-state index is 0.0863. The first-order valence-electron chi connectivity index (χ1n) is 6.56. The Balaban J connectivity index is 2.05. The van der Waals surface area contributed by atoms with Gasteiger partial charge in [0.2, 0.25) is 0 Å². The van der Waals surface area contributed by atoms with Crippen LogP contribution < -0.4 is 10.2 Å². The van der Waals surface area contributed by atoms with Gasteiger partial charge in [-0.15, -0.1) is 0 Å². The quantitative estimate of drug-likeness (QED) is 0.741. The van der Waals surface area contributed by atoms with Crippen molar-refractivity contribution in [3.05, 3.63) is 23.5 Å². The molecule has 1 N–H and O–H groups in total. The van der Waals surface area contributed by atoms with Gasteiger partial charge in [0.25, 0.3) is 0 Å². The summed E-state index contributed by atoms with van der Waals surface area (Å²) in [4.78, 5) is 2.40. The first-order chi connectivity index (χ1) is 8.25. The van der Waals surface area contributed by atoms with Crippen LogP contribution in [0, 0.1) is 12.7 Å². The number of hydrogen-bond donors (Lipinski definition) is 1. The van der Waals surface area contributed by atoms with Crippen LogP contribution in [0.3, 0.4) is 0 Å². The Labute approximate surface area is 102 Å². The number of fused-ring (bicyclic) bond motifs is 3. The summed E-state index contributed by atoms with van der Waals surface area (Å²) in [5.41, 5.74) is 2.90. The zero-order chi connectivity index (χ0) is 11.8. The second-order valence-corrected chi connectivity index (χ2v) is 5.18. The van der Waals surface area contributed by atoms with Gasteiger partial charge < -0.3 is 10.2 Å². The monoisotopic (exact) mass is 234 g/mol. The zero-order valence-electron chi connectivity index (χ0n) is 10.3. The molecule has 1 atom stereocenters. The van der Waals surface area contributed by atoms with Crippen LogP contribution >= 0.6 is 0 Å². The summed E-state index contributed by atoms with van der Waals surface area (Å²) in [6.45, 7) is 3.90. The number of anilines is 2. The van der Waals surface area contributed by atoms with E-state index in [1.165, 1.54) is 19.3 Å². The summed E-state index contributed by atoms with van der Waals surface area (Å²) < 4.78 is 13.7. The van der Waals surface area contributed by atoms with Crippen LogP contribution in [-0.4, -0.2) is 19.1 Å². The van der Waals surface area contributed by atoms with Crippen LogP contribution in [0.25, 0.3) is 0 Å². The van der Waals surface area contributed by atoms with E-state index in [0.717, 1.165) is 36.4 Å². The molecule has 0 amide bonds. The molecule has 3 heteroatoms. The summed E-state index contributed by atoms with van der Waals surface area (Å²) in [6, 6.07) is 4.25. The van der Waals surface area contributed by atoms with Crippen LogP contribution in [0.2, 0.25) is 0 Å². The lowest BCUT2D eigenvalue weighted by atomic mass is 9.99. The maximum atomic E-state index is 13.7. The van der Waals surface area contributed by atoms with Gasteiger partial charge in [0, 0.05) is 19.1 Å². The molecule has 1 saturated heterocycles. The highest BCUT2D eigenvalue weighted by molar-refractivity contribution is 5.72. The van der Waals surface area contributed by atoms with Crippen LogP contribution in [0.5, 0.6) is 0 Å². The zero-order valence-corrected chi connectivity index (χ0v) is 10.3. The van der Waals surface area contributed by atoms with Gasteiger partial charge in [-0.25, -0.2) is 4.39 Å². The molecule has 0 saturated carbocycles. The molecule has 0 radical (unpaired) electrons. The predicted molar refractivity (Wildman–Crippen MR) is 69.2 cm³/mol. The van der Waals surface area contributed by atoms with Gasteiger partial charge in [-0.05, 0) is 50.3 Å². The number of nitrogens with zero attached hydrogens (tertiary/aromatic N) is 1. The number of rotatable bonds is 0. The minimum atomic E-state index is -0.0863. The van der Waals surface area contributed by atoms with Crippen molar-refractivity contribution in [3.63, 3.8) is 0 Å².